The number of β-amino-alcohol motifs (C(OH)–C–C–N with tert-alkyl or cyclic N) is 2. The number of hydrogen-bond acceptors (Lipinski definition) is 5. The molecule has 2 aliphatic heterocycles. The van der Waals surface area contributed by atoms with Crippen molar-refractivity contribution in [3.05, 3.63) is 35.4 Å². The van der Waals surface area contributed by atoms with Crippen molar-refractivity contribution in [2.45, 2.75) is 37.3 Å². The molecule has 9 heteroatoms. The predicted octanol–water partition coefficient (Wildman–Crippen LogP) is 0.956. The zero-order chi connectivity index (χ0) is 20.5. The number of rotatable bonds is 3. The molecule has 2 fully saturated rings. The molecule has 0 radical (unpaired) electrons. The van der Waals surface area contributed by atoms with Crippen LogP contribution < -0.4 is 0 Å². The van der Waals surface area contributed by atoms with Crippen LogP contribution in [0.5, 0.6) is 0 Å². The summed E-state index contributed by atoms with van der Waals surface area (Å²) in [6.07, 6.45) is -6.23. The van der Waals surface area contributed by atoms with Crippen molar-refractivity contribution < 1.29 is 33.3 Å². The average molecular weight is 402 g/mol. The average Bonchev–Trinajstić information content (AvgIpc) is 2.65. The van der Waals surface area contributed by atoms with Crippen LogP contribution in [0, 0.1) is 5.92 Å². The Hall–Kier alpha value is -1.68. The van der Waals surface area contributed by atoms with Gasteiger partial charge in [-0.15, -0.1) is 0 Å². The summed E-state index contributed by atoms with van der Waals surface area (Å²) in [4.78, 5) is 16.0. The van der Waals surface area contributed by atoms with Crippen molar-refractivity contribution in [3.63, 3.8) is 0 Å². The minimum Gasteiger partial charge on any atom is -0.389 e. The number of carbonyl (C=O) groups is 1. The van der Waals surface area contributed by atoms with Crippen LogP contribution in [0.4, 0.5) is 13.2 Å². The Labute approximate surface area is 161 Å². The van der Waals surface area contributed by atoms with Gasteiger partial charge in [0.25, 0.3) is 5.91 Å². The normalized spacial score (nSPS) is 27.8. The summed E-state index contributed by atoms with van der Waals surface area (Å²) in [6, 6.07) is 4.47. The van der Waals surface area contributed by atoms with Gasteiger partial charge in [0.05, 0.1) is 17.8 Å². The van der Waals surface area contributed by atoms with E-state index in [2.05, 4.69) is 0 Å². The van der Waals surface area contributed by atoms with Crippen molar-refractivity contribution in [1.29, 1.82) is 0 Å². The molecule has 3 rings (SSSR count). The number of amides is 1. The lowest BCUT2D eigenvalue weighted by Gasteiger charge is -2.40. The van der Waals surface area contributed by atoms with E-state index in [0.29, 0.717) is 32.5 Å². The van der Waals surface area contributed by atoms with E-state index >= 15 is 0 Å². The van der Waals surface area contributed by atoms with E-state index in [1.807, 2.05) is 4.90 Å². The lowest BCUT2D eigenvalue weighted by molar-refractivity contribution is -0.137. The van der Waals surface area contributed by atoms with Crippen molar-refractivity contribution in [3.8, 4) is 0 Å². The number of benzene rings is 1. The lowest BCUT2D eigenvalue weighted by Crippen LogP contribution is -2.56. The molecule has 0 saturated carbocycles. The number of carbonyl (C=O) groups excluding carboxylic acids is 1. The molecule has 2 unspecified atom stereocenters. The summed E-state index contributed by atoms with van der Waals surface area (Å²) in [5.41, 5.74) is -0.804. The molecule has 0 aromatic heterocycles. The second-order valence-corrected chi connectivity index (χ2v) is 7.66. The minimum atomic E-state index is -4.49. The molecule has 1 aromatic carbocycles. The standard InChI is InChI=1S/C19H25F3N2O4/c20-19(21,22)14-3-1-2-13(8-14)18(28)24-6-4-12(5-7-24)9-23-10-15(25)17(27)16(26)11-23/h1-3,8,12,15-17,25-27H,4-7,9-11H2. The second kappa shape index (κ2) is 8.36. The Morgan fingerprint density at radius 3 is 2.25 bits per heavy atom. The fraction of sp³-hybridized carbons (Fsp3) is 0.632. The molecule has 6 nitrogen and oxygen atoms in total. The molecule has 3 N–H and O–H groups in total. The highest BCUT2D eigenvalue weighted by Crippen LogP contribution is 2.30. The molecule has 0 spiro atoms. The molecular weight excluding hydrogens is 377 g/mol. The van der Waals surface area contributed by atoms with Crippen molar-refractivity contribution >= 4 is 5.91 Å². The van der Waals surface area contributed by atoms with Crippen LogP contribution in [-0.2, 0) is 6.18 Å². The molecule has 1 amide bonds. The Morgan fingerprint density at radius 2 is 1.68 bits per heavy atom. The third-order valence-electron chi connectivity index (χ3n) is 5.53. The fourth-order valence-corrected chi connectivity index (χ4v) is 3.92. The van der Waals surface area contributed by atoms with Gasteiger partial charge in [0.15, 0.2) is 0 Å². The number of halogens is 3. The number of piperidine rings is 2. The molecule has 0 aliphatic carbocycles. The highest BCUT2D eigenvalue weighted by atomic mass is 19.4. The molecular formula is C19H25F3N2O4. The maximum absolute atomic E-state index is 12.8. The smallest absolute Gasteiger partial charge is 0.389 e. The second-order valence-electron chi connectivity index (χ2n) is 7.66. The summed E-state index contributed by atoms with van der Waals surface area (Å²) in [5, 5.41) is 29.2. The summed E-state index contributed by atoms with van der Waals surface area (Å²) < 4.78 is 38.5. The monoisotopic (exact) mass is 402 g/mol. The third kappa shape index (κ3) is 4.83. The van der Waals surface area contributed by atoms with Gasteiger partial charge in [0.2, 0.25) is 0 Å². The van der Waals surface area contributed by atoms with E-state index in [9.17, 15) is 33.3 Å². The number of aliphatic hydroxyl groups excluding tert-OH is 3. The van der Waals surface area contributed by atoms with Crippen LogP contribution in [0.25, 0.3) is 0 Å². The van der Waals surface area contributed by atoms with Gasteiger partial charge in [-0.1, -0.05) is 6.07 Å². The maximum atomic E-state index is 12.8. The number of alkyl halides is 3. The first kappa shape index (κ1) is 21.0. The number of hydrogen-bond donors (Lipinski definition) is 3. The van der Waals surface area contributed by atoms with Gasteiger partial charge in [-0.3, -0.25) is 9.69 Å². The summed E-state index contributed by atoms with van der Waals surface area (Å²) in [5.74, 6) is -0.156. The van der Waals surface area contributed by atoms with Gasteiger partial charge in [-0.05, 0) is 37.0 Å². The zero-order valence-electron chi connectivity index (χ0n) is 15.3. The first-order valence-electron chi connectivity index (χ1n) is 9.38. The van der Waals surface area contributed by atoms with E-state index in [4.69, 9.17) is 0 Å². The molecule has 156 valence electrons. The zero-order valence-corrected chi connectivity index (χ0v) is 15.3. The van der Waals surface area contributed by atoms with Crippen LogP contribution >= 0.6 is 0 Å². The molecule has 28 heavy (non-hydrogen) atoms. The summed E-state index contributed by atoms with van der Waals surface area (Å²) >= 11 is 0. The molecule has 0 bridgehead atoms. The SMILES string of the molecule is O=C(c1cccc(C(F)(F)F)c1)N1CCC(CN2CC(O)C(O)C(O)C2)CC1. The number of aliphatic hydroxyl groups is 3. The lowest BCUT2D eigenvalue weighted by atomic mass is 9.93. The van der Waals surface area contributed by atoms with E-state index in [-0.39, 0.29) is 24.6 Å². The van der Waals surface area contributed by atoms with Crippen LogP contribution in [0.1, 0.15) is 28.8 Å². The Kier molecular flexibility index (Phi) is 6.28. The van der Waals surface area contributed by atoms with Crippen LogP contribution in [0.2, 0.25) is 0 Å². The maximum Gasteiger partial charge on any atom is 0.416 e. The fourth-order valence-electron chi connectivity index (χ4n) is 3.92. The molecule has 2 atom stereocenters. The van der Waals surface area contributed by atoms with E-state index in [1.165, 1.54) is 12.1 Å². The van der Waals surface area contributed by atoms with Crippen molar-refractivity contribution in [2.75, 3.05) is 32.7 Å². The Morgan fingerprint density at radius 1 is 1.07 bits per heavy atom. The van der Waals surface area contributed by atoms with Gasteiger partial charge < -0.3 is 20.2 Å². The Bertz CT molecular complexity index is 680. The Balaban J connectivity index is 1.53. The highest BCUT2D eigenvalue weighted by molar-refractivity contribution is 5.94. The predicted molar refractivity (Wildman–Crippen MR) is 94.5 cm³/mol. The van der Waals surface area contributed by atoms with E-state index < -0.39 is 36.0 Å². The van der Waals surface area contributed by atoms with Crippen molar-refractivity contribution in [1.82, 2.24) is 9.80 Å². The third-order valence-corrected chi connectivity index (χ3v) is 5.53. The molecule has 2 heterocycles. The first-order valence-corrected chi connectivity index (χ1v) is 9.38. The van der Waals surface area contributed by atoms with Gasteiger partial charge in [-0.2, -0.15) is 13.2 Å². The van der Waals surface area contributed by atoms with E-state index in [1.54, 1.807) is 4.90 Å². The number of nitrogens with zero attached hydrogens (tertiary/aromatic N) is 2. The first-order chi connectivity index (χ1) is 13.1. The van der Waals surface area contributed by atoms with Crippen molar-refractivity contribution in [2.24, 2.45) is 5.92 Å². The molecule has 1 aromatic rings. The molecule has 2 saturated heterocycles. The molecule has 2 aliphatic rings. The van der Waals surface area contributed by atoms with Crippen LogP contribution in [-0.4, -0.2) is 82.1 Å². The summed E-state index contributed by atoms with van der Waals surface area (Å²) in [6.45, 7) is 2.08. The van der Waals surface area contributed by atoms with Gasteiger partial charge in [0, 0.05) is 38.3 Å². The topological polar surface area (TPSA) is 84.2 Å². The number of likely N-dealkylation sites (tertiary alicyclic amines) is 2. The largest absolute Gasteiger partial charge is 0.416 e. The van der Waals surface area contributed by atoms with Gasteiger partial charge in [0.1, 0.15) is 6.10 Å². The quantitative estimate of drug-likeness (QED) is 0.701. The van der Waals surface area contributed by atoms with E-state index in [0.717, 1.165) is 12.1 Å². The summed E-state index contributed by atoms with van der Waals surface area (Å²) in [7, 11) is 0. The van der Waals surface area contributed by atoms with Crippen LogP contribution in [0.3, 0.4) is 0 Å². The van der Waals surface area contributed by atoms with Gasteiger partial charge >= 0.3 is 6.18 Å². The minimum absolute atomic E-state index is 0.0320. The van der Waals surface area contributed by atoms with Crippen LogP contribution in [0.15, 0.2) is 24.3 Å². The van der Waals surface area contributed by atoms with Gasteiger partial charge in [-0.25, -0.2) is 0 Å². The highest BCUT2D eigenvalue weighted by Gasteiger charge is 2.35.